The van der Waals surface area contributed by atoms with Gasteiger partial charge in [-0.3, -0.25) is 4.79 Å². The van der Waals surface area contributed by atoms with Crippen LogP contribution < -0.4 is 5.32 Å². The number of amides is 1. The third kappa shape index (κ3) is 8.60. The van der Waals surface area contributed by atoms with Gasteiger partial charge in [-0.2, -0.15) is 0 Å². The number of hydrogen-bond acceptors (Lipinski definition) is 2. The van der Waals surface area contributed by atoms with Gasteiger partial charge >= 0.3 is 0 Å². The van der Waals surface area contributed by atoms with E-state index in [4.69, 9.17) is 4.74 Å². The molecule has 1 atom stereocenters. The summed E-state index contributed by atoms with van der Waals surface area (Å²) in [5.41, 5.74) is 0. The van der Waals surface area contributed by atoms with Crippen molar-refractivity contribution in [3.05, 3.63) is 24.3 Å². The molecule has 1 saturated heterocycles. The second-order valence-electron chi connectivity index (χ2n) is 5.11. The molecule has 0 bridgehead atoms. The second-order valence-corrected chi connectivity index (χ2v) is 5.11. The van der Waals surface area contributed by atoms with Crippen molar-refractivity contribution in [3.8, 4) is 0 Å². The maximum absolute atomic E-state index is 11.5. The van der Waals surface area contributed by atoms with Gasteiger partial charge in [-0.1, -0.05) is 44.4 Å². The van der Waals surface area contributed by atoms with Crippen LogP contribution in [0.4, 0.5) is 0 Å². The van der Waals surface area contributed by atoms with Crippen LogP contribution in [0.25, 0.3) is 0 Å². The highest BCUT2D eigenvalue weighted by atomic mass is 16.5. The highest BCUT2D eigenvalue weighted by Crippen LogP contribution is 2.10. The molecule has 1 aliphatic rings. The third-order valence-electron chi connectivity index (χ3n) is 3.31. The van der Waals surface area contributed by atoms with E-state index in [0.29, 0.717) is 5.92 Å². The summed E-state index contributed by atoms with van der Waals surface area (Å²) in [4.78, 5) is 11.5. The standard InChI is InChI=1S/C16H27NO2/c1-2-3-4-5-6-7-8-9-10-16(18)17-13-15-11-12-19-14-15/h7-10,15H,2-6,11-14H2,1H3,(H,17,18). The lowest BCUT2D eigenvalue weighted by Crippen LogP contribution is -2.27. The summed E-state index contributed by atoms with van der Waals surface area (Å²) < 4.78 is 5.26. The lowest BCUT2D eigenvalue weighted by molar-refractivity contribution is -0.116. The van der Waals surface area contributed by atoms with E-state index >= 15 is 0 Å². The van der Waals surface area contributed by atoms with Gasteiger partial charge < -0.3 is 10.1 Å². The van der Waals surface area contributed by atoms with Gasteiger partial charge in [-0.05, 0) is 19.3 Å². The lowest BCUT2D eigenvalue weighted by Gasteiger charge is -2.06. The van der Waals surface area contributed by atoms with Crippen LogP contribution in [-0.2, 0) is 9.53 Å². The van der Waals surface area contributed by atoms with E-state index in [9.17, 15) is 4.79 Å². The zero-order valence-electron chi connectivity index (χ0n) is 12.1. The van der Waals surface area contributed by atoms with Crippen LogP contribution in [0.2, 0.25) is 0 Å². The van der Waals surface area contributed by atoms with Crippen LogP contribution in [0.5, 0.6) is 0 Å². The average molecular weight is 265 g/mol. The van der Waals surface area contributed by atoms with Crippen molar-refractivity contribution in [1.82, 2.24) is 5.32 Å². The molecule has 0 aromatic rings. The first-order valence-electron chi connectivity index (χ1n) is 7.51. The number of rotatable bonds is 9. The lowest BCUT2D eigenvalue weighted by atomic mass is 10.1. The minimum Gasteiger partial charge on any atom is -0.381 e. The first-order valence-corrected chi connectivity index (χ1v) is 7.51. The smallest absolute Gasteiger partial charge is 0.243 e. The zero-order chi connectivity index (χ0) is 13.8. The van der Waals surface area contributed by atoms with Crippen molar-refractivity contribution in [3.63, 3.8) is 0 Å². The van der Waals surface area contributed by atoms with E-state index < -0.39 is 0 Å². The molecule has 3 heteroatoms. The molecule has 19 heavy (non-hydrogen) atoms. The summed E-state index contributed by atoms with van der Waals surface area (Å²) in [7, 11) is 0. The van der Waals surface area contributed by atoms with Gasteiger partial charge in [0.25, 0.3) is 0 Å². The average Bonchev–Trinajstić information content (AvgIpc) is 2.93. The van der Waals surface area contributed by atoms with Crippen molar-refractivity contribution in [2.75, 3.05) is 19.8 Å². The monoisotopic (exact) mass is 265 g/mol. The molecule has 0 spiro atoms. The number of hydrogen-bond donors (Lipinski definition) is 1. The van der Waals surface area contributed by atoms with Crippen molar-refractivity contribution in [1.29, 1.82) is 0 Å². The van der Waals surface area contributed by atoms with Gasteiger partial charge in [0.15, 0.2) is 0 Å². The number of carbonyl (C=O) groups is 1. The summed E-state index contributed by atoms with van der Waals surface area (Å²) in [6.45, 7) is 4.55. The molecule has 3 nitrogen and oxygen atoms in total. The normalized spacial score (nSPS) is 19.5. The molecule has 0 aromatic heterocycles. The zero-order valence-corrected chi connectivity index (χ0v) is 12.1. The summed E-state index contributed by atoms with van der Waals surface area (Å²) >= 11 is 0. The Morgan fingerprint density at radius 1 is 1.32 bits per heavy atom. The molecule has 108 valence electrons. The summed E-state index contributed by atoms with van der Waals surface area (Å²) in [6.07, 6.45) is 14.8. The molecule has 1 fully saturated rings. The predicted molar refractivity (Wildman–Crippen MR) is 79.0 cm³/mol. The van der Waals surface area contributed by atoms with E-state index in [1.54, 1.807) is 6.08 Å². The highest BCUT2D eigenvalue weighted by Gasteiger charge is 2.15. The molecule has 1 unspecified atom stereocenters. The van der Waals surface area contributed by atoms with E-state index in [0.717, 1.165) is 32.6 Å². The van der Waals surface area contributed by atoms with Crippen LogP contribution in [0.3, 0.4) is 0 Å². The first kappa shape index (κ1) is 16.0. The van der Waals surface area contributed by atoms with Gasteiger partial charge in [-0.25, -0.2) is 0 Å². The second kappa shape index (κ2) is 10.8. The number of ether oxygens (including phenoxy) is 1. The van der Waals surface area contributed by atoms with Gasteiger partial charge in [0.2, 0.25) is 5.91 Å². The molecular formula is C16H27NO2. The number of nitrogens with one attached hydrogen (secondary N) is 1. The highest BCUT2D eigenvalue weighted by molar-refractivity contribution is 5.87. The fourth-order valence-corrected chi connectivity index (χ4v) is 2.05. The Morgan fingerprint density at radius 2 is 2.21 bits per heavy atom. The van der Waals surface area contributed by atoms with Gasteiger partial charge in [0, 0.05) is 25.1 Å². The summed E-state index contributed by atoms with van der Waals surface area (Å²) in [5, 5.41) is 2.90. The quantitative estimate of drug-likeness (QED) is 0.395. The Labute approximate surface area is 117 Å². The van der Waals surface area contributed by atoms with Gasteiger partial charge in [0.05, 0.1) is 6.61 Å². The van der Waals surface area contributed by atoms with Crippen molar-refractivity contribution >= 4 is 5.91 Å². The fraction of sp³-hybridized carbons (Fsp3) is 0.688. The fourth-order valence-electron chi connectivity index (χ4n) is 2.05. The maximum atomic E-state index is 11.5. The molecule has 1 rings (SSSR count). The third-order valence-corrected chi connectivity index (χ3v) is 3.31. The predicted octanol–water partition coefficient (Wildman–Crippen LogP) is 3.22. The minimum atomic E-state index is -0.0115. The number of unbranched alkanes of at least 4 members (excludes halogenated alkanes) is 4. The molecule has 1 N–H and O–H groups in total. The molecule has 1 aliphatic heterocycles. The Balaban J connectivity index is 2.00. The minimum absolute atomic E-state index is 0.0115. The van der Waals surface area contributed by atoms with Gasteiger partial charge in [-0.15, -0.1) is 0 Å². The van der Waals surface area contributed by atoms with Crippen LogP contribution in [-0.4, -0.2) is 25.7 Å². The van der Waals surface area contributed by atoms with E-state index in [1.165, 1.54) is 25.7 Å². The molecule has 0 saturated carbocycles. The molecule has 0 aliphatic carbocycles. The molecule has 0 radical (unpaired) electrons. The van der Waals surface area contributed by atoms with E-state index in [1.807, 2.05) is 12.2 Å². The number of allylic oxidation sites excluding steroid dienone is 3. The van der Waals surface area contributed by atoms with Gasteiger partial charge in [0.1, 0.15) is 0 Å². The Morgan fingerprint density at radius 3 is 2.95 bits per heavy atom. The summed E-state index contributed by atoms with van der Waals surface area (Å²) in [6, 6.07) is 0. The number of carbonyl (C=O) groups excluding carboxylic acids is 1. The topological polar surface area (TPSA) is 38.3 Å². The Bertz CT molecular complexity index is 291. The largest absolute Gasteiger partial charge is 0.381 e. The van der Waals surface area contributed by atoms with Crippen molar-refractivity contribution < 1.29 is 9.53 Å². The van der Waals surface area contributed by atoms with Crippen LogP contribution >= 0.6 is 0 Å². The molecule has 1 amide bonds. The molecular weight excluding hydrogens is 238 g/mol. The SMILES string of the molecule is CCCCCCC=CC=CC(=O)NCC1CCOC1. The maximum Gasteiger partial charge on any atom is 0.243 e. The van der Waals surface area contributed by atoms with Crippen molar-refractivity contribution in [2.45, 2.75) is 45.4 Å². The Kier molecular flexibility index (Phi) is 9.07. The van der Waals surface area contributed by atoms with Crippen LogP contribution in [0.1, 0.15) is 45.4 Å². The summed E-state index contributed by atoms with van der Waals surface area (Å²) in [5.74, 6) is 0.481. The van der Waals surface area contributed by atoms with E-state index in [-0.39, 0.29) is 5.91 Å². The van der Waals surface area contributed by atoms with Crippen molar-refractivity contribution in [2.24, 2.45) is 5.92 Å². The van der Waals surface area contributed by atoms with Crippen LogP contribution in [0.15, 0.2) is 24.3 Å². The van der Waals surface area contributed by atoms with E-state index in [2.05, 4.69) is 18.3 Å². The van der Waals surface area contributed by atoms with Crippen LogP contribution in [0, 0.1) is 5.92 Å². The first-order chi connectivity index (χ1) is 9.33. The Hall–Kier alpha value is -1.09. The molecule has 1 heterocycles. The molecule has 0 aromatic carbocycles.